The van der Waals surface area contributed by atoms with E-state index >= 15 is 0 Å². The zero-order valence-electron chi connectivity index (χ0n) is 12.3. The molecule has 2 aromatic carbocycles. The first-order valence-corrected chi connectivity index (χ1v) is 7.24. The lowest BCUT2D eigenvalue weighted by atomic mass is 10.2. The third kappa shape index (κ3) is 2.86. The highest BCUT2D eigenvalue weighted by Gasteiger charge is 2.07. The molecule has 4 heteroatoms. The Morgan fingerprint density at radius 1 is 1.14 bits per heavy atom. The first-order valence-electron chi connectivity index (χ1n) is 7.24. The molecule has 0 fully saturated rings. The summed E-state index contributed by atoms with van der Waals surface area (Å²) in [5, 5.41) is 4.02. The van der Waals surface area contributed by atoms with Crippen molar-refractivity contribution in [1.82, 2.24) is 9.88 Å². The molecule has 1 N–H and O–H groups in total. The molecular formula is C18H17FN2O. The number of aromatic nitrogens is 1. The Balaban J connectivity index is 1.67. The number of hydrogen-bond acceptors (Lipinski definition) is 1. The van der Waals surface area contributed by atoms with Crippen molar-refractivity contribution < 1.29 is 9.18 Å². The number of nitrogens with one attached hydrogen (secondary N) is 1. The highest BCUT2D eigenvalue weighted by Crippen LogP contribution is 2.18. The number of carbonyl (C=O) groups excluding carboxylic acids is 1. The summed E-state index contributed by atoms with van der Waals surface area (Å²) in [5.74, 6) is -0.659. The van der Waals surface area contributed by atoms with Crippen molar-refractivity contribution in [3.8, 4) is 0 Å². The number of rotatable bonds is 4. The quantitative estimate of drug-likeness (QED) is 0.785. The van der Waals surface area contributed by atoms with Gasteiger partial charge in [-0.3, -0.25) is 4.79 Å². The van der Waals surface area contributed by atoms with Crippen molar-refractivity contribution in [2.24, 2.45) is 0 Å². The van der Waals surface area contributed by atoms with Gasteiger partial charge in [-0.15, -0.1) is 0 Å². The van der Waals surface area contributed by atoms with Crippen molar-refractivity contribution in [3.63, 3.8) is 0 Å². The van der Waals surface area contributed by atoms with Crippen molar-refractivity contribution in [3.05, 3.63) is 71.7 Å². The summed E-state index contributed by atoms with van der Waals surface area (Å²) in [4.78, 5) is 12.0. The van der Waals surface area contributed by atoms with Crippen LogP contribution in [0.25, 0.3) is 10.9 Å². The molecule has 3 rings (SSSR count). The molecular weight excluding hydrogens is 279 g/mol. The van der Waals surface area contributed by atoms with Crippen LogP contribution in [0.15, 0.2) is 54.6 Å². The molecule has 22 heavy (non-hydrogen) atoms. The van der Waals surface area contributed by atoms with Crippen LogP contribution >= 0.6 is 0 Å². The normalized spacial score (nSPS) is 10.8. The number of amides is 1. The Morgan fingerprint density at radius 2 is 1.95 bits per heavy atom. The fourth-order valence-corrected chi connectivity index (χ4v) is 2.66. The van der Waals surface area contributed by atoms with E-state index in [0.717, 1.165) is 11.2 Å². The van der Waals surface area contributed by atoms with Gasteiger partial charge in [0.2, 0.25) is 0 Å². The average molecular weight is 296 g/mol. The Kier molecular flexibility index (Phi) is 3.92. The fourth-order valence-electron chi connectivity index (χ4n) is 2.66. The van der Waals surface area contributed by atoms with E-state index in [-0.39, 0.29) is 5.91 Å². The van der Waals surface area contributed by atoms with Crippen molar-refractivity contribution >= 4 is 16.8 Å². The molecule has 0 spiro atoms. The maximum atomic E-state index is 13.1. The number of carbonyl (C=O) groups is 1. The molecule has 0 aliphatic carbocycles. The number of para-hydroxylation sites is 1. The van der Waals surface area contributed by atoms with Crippen LogP contribution in [0.1, 0.15) is 16.1 Å². The van der Waals surface area contributed by atoms with Crippen molar-refractivity contribution in [1.29, 1.82) is 0 Å². The van der Waals surface area contributed by atoms with Gasteiger partial charge in [0.25, 0.3) is 5.91 Å². The molecule has 1 amide bonds. The minimum atomic E-state index is -0.403. The van der Waals surface area contributed by atoms with E-state index in [0.29, 0.717) is 18.7 Å². The van der Waals surface area contributed by atoms with Gasteiger partial charge < -0.3 is 9.88 Å². The highest BCUT2D eigenvalue weighted by molar-refractivity contribution is 5.94. The minimum Gasteiger partial charge on any atom is -0.350 e. The maximum Gasteiger partial charge on any atom is 0.251 e. The first kappa shape index (κ1) is 14.3. The summed E-state index contributed by atoms with van der Waals surface area (Å²) in [5.41, 5.74) is 2.65. The number of fused-ring (bicyclic) bond motifs is 1. The van der Waals surface area contributed by atoms with Crippen LogP contribution in [0, 0.1) is 12.7 Å². The van der Waals surface area contributed by atoms with E-state index in [1.54, 1.807) is 6.07 Å². The van der Waals surface area contributed by atoms with Gasteiger partial charge in [-0.25, -0.2) is 4.39 Å². The molecule has 112 valence electrons. The number of halogens is 1. The van der Waals surface area contributed by atoms with Gasteiger partial charge in [-0.05, 0) is 42.6 Å². The SMILES string of the molecule is Cc1cc2ccccc2n1CCNC(=O)c1cccc(F)c1. The Labute approximate surface area is 128 Å². The summed E-state index contributed by atoms with van der Waals surface area (Å²) in [6, 6.07) is 16.0. The van der Waals surface area contributed by atoms with E-state index in [4.69, 9.17) is 0 Å². The van der Waals surface area contributed by atoms with Crippen molar-refractivity contribution in [2.75, 3.05) is 6.54 Å². The second-order valence-corrected chi connectivity index (χ2v) is 5.26. The van der Waals surface area contributed by atoms with E-state index in [1.807, 2.05) is 19.1 Å². The van der Waals surface area contributed by atoms with E-state index in [2.05, 4.69) is 28.1 Å². The zero-order chi connectivity index (χ0) is 15.5. The molecule has 0 saturated heterocycles. The third-order valence-electron chi connectivity index (χ3n) is 3.73. The van der Waals surface area contributed by atoms with E-state index < -0.39 is 5.82 Å². The van der Waals surface area contributed by atoms with Crippen LogP contribution in [0.2, 0.25) is 0 Å². The zero-order valence-corrected chi connectivity index (χ0v) is 12.3. The second-order valence-electron chi connectivity index (χ2n) is 5.26. The van der Waals surface area contributed by atoms with Gasteiger partial charge in [0.1, 0.15) is 5.82 Å². The standard InChI is InChI=1S/C18H17FN2O/c1-13-11-14-5-2-3-8-17(14)21(13)10-9-20-18(22)15-6-4-7-16(19)12-15/h2-8,11-12H,9-10H2,1H3,(H,20,22). The number of nitrogens with zero attached hydrogens (tertiary/aromatic N) is 1. The van der Waals surface area contributed by atoms with Gasteiger partial charge in [0.05, 0.1) is 0 Å². The minimum absolute atomic E-state index is 0.256. The smallest absolute Gasteiger partial charge is 0.251 e. The van der Waals surface area contributed by atoms with Gasteiger partial charge in [0.15, 0.2) is 0 Å². The van der Waals surface area contributed by atoms with Crippen LogP contribution in [0.4, 0.5) is 4.39 Å². The molecule has 0 bridgehead atoms. The second kappa shape index (κ2) is 6.02. The maximum absolute atomic E-state index is 13.1. The summed E-state index contributed by atoms with van der Waals surface area (Å²) >= 11 is 0. The topological polar surface area (TPSA) is 34.0 Å². The molecule has 0 aliphatic heterocycles. The predicted molar refractivity (Wildman–Crippen MR) is 85.4 cm³/mol. The predicted octanol–water partition coefficient (Wildman–Crippen LogP) is 3.52. The highest BCUT2D eigenvalue weighted by atomic mass is 19.1. The molecule has 3 aromatic rings. The van der Waals surface area contributed by atoms with Crippen LogP contribution < -0.4 is 5.32 Å². The summed E-state index contributed by atoms with van der Waals surface area (Å²) in [6.07, 6.45) is 0. The summed E-state index contributed by atoms with van der Waals surface area (Å²) in [6.45, 7) is 3.23. The number of benzene rings is 2. The molecule has 0 aliphatic rings. The van der Waals surface area contributed by atoms with E-state index in [9.17, 15) is 9.18 Å². The molecule has 1 heterocycles. The lowest BCUT2D eigenvalue weighted by Crippen LogP contribution is -2.27. The van der Waals surface area contributed by atoms with Gasteiger partial charge in [0, 0.05) is 29.9 Å². The van der Waals surface area contributed by atoms with Crippen LogP contribution in [-0.2, 0) is 6.54 Å². The van der Waals surface area contributed by atoms with Gasteiger partial charge in [-0.2, -0.15) is 0 Å². The lowest BCUT2D eigenvalue weighted by Gasteiger charge is -2.10. The summed E-state index contributed by atoms with van der Waals surface area (Å²) in [7, 11) is 0. The first-order chi connectivity index (χ1) is 10.6. The fraction of sp³-hybridized carbons (Fsp3) is 0.167. The lowest BCUT2D eigenvalue weighted by molar-refractivity contribution is 0.0952. The van der Waals surface area contributed by atoms with E-state index in [1.165, 1.54) is 23.6 Å². The molecule has 1 aromatic heterocycles. The molecule has 3 nitrogen and oxygen atoms in total. The van der Waals surface area contributed by atoms with Crippen LogP contribution in [-0.4, -0.2) is 17.0 Å². The number of aryl methyl sites for hydroxylation is 1. The van der Waals surface area contributed by atoms with Crippen molar-refractivity contribution in [2.45, 2.75) is 13.5 Å². The molecule has 0 radical (unpaired) electrons. The number of hydrogen-bond donors (Lipinski definition) is 1. The average Bonchev–Trinajstić information content (AvgIpc) is 2.83. The molecule has 0 saturated carbocycles. The summed E-state index contributed by atoms with van der Waals surface area (Å²) < 4.78 is 15.3. The molecule has 0 atom stereocenters. The van der Waals surface area contributed by atoms with Crippen LogP contribution in [0.3, 0.4) is 0 Å². The third-order valence-corrected chi connectivity index (χ3v) is 3.73. The van der Waals surface area contributed by atoms with Crippen LogP contribution in [0.5, 0.6) is 0 Å². The van der Waals surface area contributed by atoms with Gasteiger partial charge >= 0.3 is 0 Å². The Morgan fingerprint density at radius 3 is 2.77 bits per heavy atom. The molecule has 0 unspecified atom stereocenters. The largest absolute Gasteiger partial charge is 0.350 e. The van der Waals surface area contributed by atoms with Gasteiger partial charge in [-0.1, -0.05) is 24.3 Å². The Hall–Kier alpha value is -2.62. The monoisotopic (exact) mass is 296 g/mol. The Bertz CT molecular complexity index is 823.